The van der Waals surface area contributed by atoms with Crippen LogP contribution in [-0.2, 0) is 4.79 Å². The third-order valence-corrected chi connectivity index (χ3v) is 6.77. The number of rotatable bonds is 8. The van der Waals surface area contributed by atoms with Crippen molar-refractivity contribution in [2.24, 2.45) is 0 Å². The van der Waals surface area contributed by atoms with Crippen LogP contribution in [-0.4, -0.2) is 49.1 Å². The van der Waals surface area contributed by atoms with Gasteiger partial charge in [-0.3, -0.25) is 4.79 Å². The molecule has 0 spiro atoms. The van der Waals surface area contributed by atoms with Crippen molar-refractivity contribution in [1.82, 2.24) is 14.8 Å². The topological polar surface area (TPSA) is 109 Å². The fraction of sp³-hybridized carbons (Fsp3) is 0.207. The highest BCUT2D eigenvalue weighted by Gasteiger charge is 2.36. The van der Waals surface area contributed by atoms with E-state index in [0.717, 1.165) is 5.56 Å². The number of methoxy groups -OCH3 is 4. The molecule has 1 aliphatic rings. The van der Waals surface area contributed by atoms with Crippen molar-refractivity contribution < 1.29 is 23.7 Å². The Hall–Kier alpha value is -4.70. The van der Waals surface area contributed by atoms with Gasteiger partial charge in [-0.25, -0.2) is 4.68 Å². The summed E-state index contributed by atoms with van der Waals surface area (Å²) in [6.45, 7) is 1.82. The van der Waals surface area contributed by atoms with E-state index >= 15 is 0 Å². The second-order valence-electron chi connectivity index (χ2n) is 8.89. The third kappa shape index (κ3) is 4.89. The van der Waals surface area contributed by atoms with Crippen LogP contribution in [0.5, 0.6) is 23.0 Å². The van der Waals surface area contributed by atoms with Crippen LogP contribution >= 0.6 is 11.6 Å². The van der Waals surface area contributed by atoms with Gasteiger partial charge in [0.25, 0.3) is 5.91 Å². The van der Waals surface area contributed by atoms with Crippen LogP contribution in [0.3, 0.4) is 0 Å². The number of allylic oxidation sites excluding steroid dienone is 1. The highest BCUT2D eigenvalue weighted by Crippen LogP contribution is 2.44. The first-order valence-electron chi connectivity index (χ1n) is 12.3. The Morgan fingerprint density at radius 1 is 0.925 bits per heavy atom. The minimum absolute atomic E-state index is 0.348. The number of carbonyl (C=O) groups excluding carboxylic acids is 1. The van der Waals surface area contributed by atoms with Gasteiger partial charge >= 0.3 is 0 Å². The van der Waals surface area contributed by atoms with E-state index in [1.165, 1.54) is 21.3 Å². The molecule has 40 heavy (non-hydrogen) atoms. The molecule has 206 valence electrons. The van der Waals surface area contributed by atoms with E-state index in [4.69, 9.17) is 40.6 Å². The molecular weight excluding hydrogens is 534 g/mol. The number of amides is 1. The minimum atomic E-state index is -0.708. The number of hydrogen-bond acceptors (Lipinski definition) is 8. The molecule has 10 nitrogen and oxygen atoms in total. The zero-order chi connectivity index (χ0) is 28.4. The van der Waals surface area contributed by atoms with Crippen LogP contribution in [0.15, 0.2) is 71.9 Å². The van der Waals surface area contributed by atoms with Gasteiger partial charge in [-0.1, -0.05) is 35.9 Å². The molecule has 0 saturated carbocycles. The van der Waals surface area contributed by atoms with Crippen LogP contribution < -0.4 is 29.6 Å². The number of halogens is 1. The molecule has 11 heteroatoms. The molecule has 0 radical (unpaired) electrons. The molecule has 0 fully saturated rings. The van der Waals surface area contributed by atoms with Gasteiger partial charge < -0.3 is 29.6 Å². The number of para-hydroxylation sites is 2. The molecule has 0 saturated heterocycles. The maximum Gasteiger partial charge on any atom is 0.255 e. The standard InChI is InChI=1S/C29H28ClN5O5/c1-16-24(28(36)32-20-11-6-7-12-21(20)37-2)25(18-14-22(38-3)26(40-5)23(15-18)39-4)35-29(31-16)33-27(34-35)17-9-8-10-19(30)13-17/h6-15,25H,1-5H3,(H,32,36)(H,31,33,34). The molecule has 1 aromatic heterocycles. The van der Waals surface area contributed by atoms with Gasteiger partial charge in [-0.15, -0.1) is 5.10 Å². The lowest BCUT2D eigenvalue weighted by Gasteiger charge is -2.29. The fourth-order valence-corrected chi connectivity index (χ4v) is 4.89. The van der Waals surface area contributed by atoms with Gasteiger partial charge in [-0.05, 0) is 48.9 Å². The van der Waals surface area contributed by atoms with Crippen LogP contribution in [0.4, 0.5) is 11.6 Å². The van der Waals surface area contributed by atoms with Crippen LogP contribution in [0.25, 0.3) is 11.4 Å². The zero-order valence-electron chi connectivity index (χ0n) is 22.6. The Labute approximate surface area is 236 Å². The molecular formula is C29H28ClN5O5. The molecule has 5 rings (SSSR count). The Morgan fingerprint density at radius 2 is 1.62 bits per heavy atom. The number of ether oxygens (including phenoxy) is 4. The summed E-state index contributed by atoms with van der Waals surface area (Å²) in [6, 6.07) is 17.4. The van der Waals surface area contributed by atoms with E-state index in [-0.39, 0.29) is 5.91 Å². The van der Waals surface area contributed by atoms with E-state index in [2.05, 4.69) is 10.6 Å². The second kappa shape index (κ2) is 11.2. The average molecular weight is 562 g/mol. The molecule has 2 heterocycles. The SMILES string of the molecule is COc1ccccc1NC(=O)C1=C(C)Nc2nc(-c3cccc(Cl)c3)nn2C1c1cc(OC)c(OC)c(OC)c1. The first-order valence-corrected chi connectivity index (χ1v) is 12.7. The summed E-state index contributed by atoms with van der Waals surface area (Å²) in [7, 11) is 6.17. The second-order valence-corrected chi connectivity index (χ2v) is 9.33. The Balaban J connectivity index is 1.68. The van der Waals surface area contributed by atoms with Gasteiger partial charge in [0.1, 0.15) is 11.8 Å². The van der Waals surface area contributed by atoms with E-state index in [9.17, 15) is 4.79 Å². The number of nitrogens with zero attached hydrogens (tertiary/aromatic N) is 3. The summed E-state index contributed by atoms with van der Waals surface area (Å²) in [6.07, 6.45) is 0. The number of anilines is 2. The Bertz CT molecular complexity index is 1590. The van der Waals surface area contributed by atoms with Crippen molar-refractivity contribution in [2.75, 3.05) is 39.1 Å². The molecule has 0 aliphatic carbocycles. The van der Waals surface area contributed by atoms with Crippen LogP contribution in [0.2, 0.25) is 5.02 Å². The van der Waals surface area contributed by atoms with Crippen molar-refractivity contribution in [3.63, 3.8) is 0 Å². The third-order valence-electron chi connectivity index (χ3n) is 6.54. The summed E-state index contributed by atoms with van der Waals surface area (Å²) in [4.78, 5) is 18.7. The predicted molar refractivity (Wildman–Crippen MR) is 153 cm³/mol. The number of carbonyl (C=O) groups is 1. The highest BCUT2D eigenvalue weighted by molar-refractivity contribution is 6.30. The maximum absolute atomic E-state index is 14.0. The van der Waals surface area contributed by atoms with E-state index in [0.29, 0.717) is 62.3 Å². The van der Waals surface area contributed by atoms with Gasteiger partial charge in [0, 0.05) is 16.3 Å². The predicted octanol–water partition coefficient (Wildman–Crippen LogP) is 5.56. The summed E-state index contributed by atoms with van der Waals surface area (Å²) >= 11 is 6.24. The van der Waals surface area contributed by atoms with Crippen molar-refractivity contribution in [3.8, 4) is 34.4 Å². The summed E-state index contributed by atoms with van der Waals surface area (Å²) < 4.78 is 23.9. The Kier molecular flexibility index (Phi) is 7.52. The number of nitrogens with one attached hydrogen (secondary N) is 2. The van der Waals surface area contributed by atoms with E-state index < -0.39 is 6.04 Å². The van der Waals surface area contributed by atoms with Crippen molar-refractivity contribution in [2.45, 2.75) is 13.0 Å². The normalized spacial score (nSPS) is 14.2. The minimum Gasteiger partial charge on any atom is -0.495 e. The van der Waals surface area contributed by atoms with Gasteiger partial charge in [0.05, 0.1) is 39.7 Å². The number of benzene rings is 3. The monoisotopic (exact) mass is 561 g/mol. The number of fused-ring (bicyclic) bond motifs is 1. The quantitative estimate of drug-likeness (QED) is 0.288. The number of hydrogen-bond donors (Lipinski definition) is 2. The van der Waals surface area contributed by atoms with Crippen molar-refractivity contribution >= 4 is 29.1 Å². The smallest absolute Gasteiger partial charge is 0.255 e. The average Bonchev–Trinajstić information content (AvgIpc) is 3.39. The maximum atomic E-state index is 14.0. The zero-order valence-corrected chi connectivity index (χ0v) is 23.4. The van der Waals surface area contributed by atoms with Gasteiger partial charge in [-0.2, -0.15) is 4.98 Å². The summed E-state index contributed by atoms with van der Waals surface area (Å²) in [5.41, 5.74) is 2.95. The molecule has 4 aromatic rings. The lowest BCUT2D eigenvalue weighted by atomic mass is 9.94. The lowest BCUT2D eigenvalue weighted by Crippen LogP contribution is -2.31. The van der Waals surface area contributed by atoms with Crippen LogP contribution in [0, 0.1) is 0 Å². The van der Waals surface area contributed by atoms with Gasteiger partial charge in [0.15, 0.2) is 17.3 Å². The lowest BCUT2D eigenvalue weighted by molar-refractivity contribution is -0.113. The highest BCUT2D eigenvalue weighted by atomic mass is 35.5. The van der Waals surface area contributed by atoms with E-state index in [1.807, 2.05) is 31.2 Å². The first-order chi connectivity index (χ1) is 19.4. The summed E-state index contributed by atoms with van der Waals surface area (Å²) in [5, 5.41) is 11.6. The largest absolute Gasteiger partial charge is 0.495 e. The number of aromatic nitrogens is 3. The van der Waals surface area contributed by atoms with E-state index in [1.54, 1.807) is 48.2 Å². The fourth-order valence-electron chi connectivity index (χ4n) is 4.70. The summed E-state index contributed by atoms with van der Waals surface area (Å²) in [5.74, 6) is 2.40. The van der Waals surface area contributed by atoms with Crippen LogP contribution in [0.1, 0.15) is 18.5 Å². The molecule has 1 aliphatic heterocycles. The van der Waals surface area contributed by atoms with Gasteiger partial charge in [0.2, 0.25) is 11.7 Å². The first kappa shape index (κ1) is 26.9. The molecule has 2 N–H and O–H groups in total. The molecule has 1 amide bonds. The Morgan fingerprint density at radius 3 is 2.27 bits per heavy atom. The molecule has 1 atom stereocenters. The molecule has 0 bridgehead atoms. The molecule has 3 aromatic carbocycles. The van der Waals surface area contributed by atoms with Crippen molar-refractivity contribution in [1.29, 1.82) is 0 Å². The molecule has 1 unspecified atom stereocenters. The van der Waals surface area contributed by atoms with Crippen molar-refractivity contribution in [3.05, 3.63) is 82.5 Å².